The lowest BCUT2D eigenvalue weighted by Gasteiger charge is -2.17. The molecule has 0 unspecified atom stereocenters. The molecule has 0 spiro atoms. The van der Waals surface area contributed by atoms with E-state index in [2.05, 4.69) is 15.0 Å². The Labute approximate surface area is 150 Å². The molecule has 2 heterocycles. The van der Waals surface area contributed by atoms with E-state index in [0.29, 0.717) is 15.4 Å². The van der Waals surface area contributed by atoms with Gasteiger partial charge in [-0.25, -0.2) is 9.97 Å². The first-order chi connectivity index (χ1) is 10.8. The highest BCUT2D eigenvalue weighted by molar-refractivity contribution is 7.94. The first kappa shape index (κ1) is 16.7. The van der Waals surface area contributed by atoms with Gasteiger partial charge < -0.3 is 0 Å². The van der Waals surface area contributed by atoms with Gasteiger partial charge in [0.15, 0.2) is 10.8 Å². The van der Waals surface area contributed by atoms with Crippen LogP contribution in [0.2, 0.25) is 15.5 Å². The maximum absolute atomic E-state index is 12.7. The van der Waals surface area contributed by atoms with E-state index < -0.39 is 10.0 Å². The number of hydrogen-bond donors (Lipinski definition) is 0. The number of anilines is 1. The summed E-state index contributed by atoms with van der Waals surface area (Å²) in [5.74, 6) is 0. The molecule has 120 valence electrons. The van der Waals surface area contributed by atoms with Crippen molar-refractivity contribution in [3.8, 4) is 0 Å². The third-order valence-electron chi connectivity index (χ3n) is 2.92. The van der Waals surface area contributed by atoms with Crippen LogP contribution in [-0.4, -0.2) is 30.4 Å². The second-order valence-electron chi connectivity index (χ2n) is 4.37. The fraction of sp³-hybridized carbons (Fsp3) is 0.0833. The molecule has 0 fully saturated rings. The van der Waals surface area contributed by atoms with E-state index in [4.69, 9.17) is 34.8 Å². The van der Waals surface area contributed by atoms with Crippen molar-refractivity contribution in [2.75, 3.05) is 11.4 Å². The van der Waals surface area contributed by atoms with Crippen molar-refractivity contribution in [2.45, 2.75) is 4.34 Å². The molecule has 2 aromatic heterocycles. The summed E-state index contributed by atoms with van der Waals surface area (Å²) in [6.07, 6.45) is 0. The first-order valence-electron chi connectivity index (χ1n) is 6.03. The van der Waals surface area contributed by atoms with Gasteiger partial charge in [-0.05, 0) is 29.8 Å². The lowest BCUT2D eigenvalue weighted by molar-refractivity contribution is 0.594. The van der Waals surface area contributed by atoms with Crippen molar-refractivity contribution >= 4 is 72.2 Å². The van der Waals surface area contributed by atoms with E-state index in [9.17, 15) is 8.42 Å². The molecule has 0 bridgehead atoms. The molecule has 0 aliphatic rings. The molecule has 0 saturated carbocycles. The molecule has 0 aliphatic carbocycles. The Morgan fingerprint density at radius 3 is 2.57 bits per heavy atom. The van der Waals surface area contributed by atoms with E-state index in [1.807, 2.05) is 0 Å². The van der Waals surface area contributed by atoms with Gasteiger partial charge in [-0.3, -0.25) is 4.31 Å². The Hall–Kier alpha value is -1.19. The van der Waals surface area contributed by atoms with E-state index >= 15 is 0 Å². The first-order valence-corrected chi connectivity index (χ1v) is 9.42. The van der Waals surface area contributed by atoms with Crippen LogP contribution in [0.3, 0.4) is 0 Å². The Kier molecular flexibility index (Phi) is 4.37. The van der Waals surface area contributed by atoms with Crippen LogP contribution in [0.15, 0.2) is 28.6 Å². The van der Waals surface area contributed by atoms with Gasteiger partial charge in [0.1, 0.15) is 4.70 Å². The van der Waals surface area contributed by atoms with Crippen LogP contribution < -0.4 is 4.31 Å². The molecule has 0 radical (unpaired) electrons. The molecule has 6 nitrogen and oxygen atoms in total. The monoisotopic (exact) mass is 408 g/mol. The maximum atomic E-state index is 12.7. The fourth-order valence-corrected chi connectivity index (χ4v) is 4.91. The molecule has 11 heteroatoms. The van der Waals surface area contributed by atoms with Gasteiger partial charge in [-0.15, -0.1) is 0 Å². The molecule has 3 rings (SSSR count). The zero-order valence-electron chi connectivity index (χ0n) is 11.4. The van der Waals surface area contributed by atoms with Crippen molar-refractivity contribution in [3.05, 3.63) is 39.7 Å². The summed E-state index contributed by atoms with van der Waals surface area (Å²) in [4.78, 5) is 11.7. The summed E-state index contributed by atoms with van der Waals surface area (Å²) in [6, 6.07) is 6.47. The topological polar surface area (TPSA) is 76.1 Å². The van der Waals surface area contributed by atoms with Crippen LogP contribution in [0.1, 0.15) is 0 Å². The average Bonchev–Trinajstić information content (AvgIpc) is 2.91. The van der Waals surface area contributed by atoms with Gasteiger partial charge in [-0.1, -0.05) is 40.6 Å². The highest BCUT2D eigenvalue weighted by atomic mass is 35.5. The third kappa shape index (κ3) is 3.09. The van der Waals surface area contributed by atoms with Crippen LogP contribution in [0, 0.1) is 0 Å². The zero-order chi connectivity index (χ0) is 16.8. The van der Waals surface area contributed by atoms with Crippen molar-refractivity contribution in [3.63, 3.8) is 0 Å². The van der Waals surface area contributed by atoms with E-state index in [-0.39, 0.29) is 20.4 Å². The van der Waals surface area contributed by atoms with Crippen LogP contribution in [-0.2, 0) is 10.0 Å². The third-order valence-corrected chi connectivity index (χ3v) is 6.90. The minimum absolute atomic E-state index is 0.0596. The smallest absolute Gasteiger partial charge is 0.267 e. The lowest BCUT2D eigenvalue weighted by atomic mass is 10.3. The minimum atomic E-state index is -3.89. The van der Waals surface area contributed by atoms with Crippen molar-refractivity contribution in [2.24, 2.45) is 0 Å². The SMILES string of the molecule is CN(c1cccc(Cl)c1)S(=O)(=O)c1nc2nc(Cl)nc(Cl)c2s1. The van der Waals surface area contributed by atoms with E-state index in [1.165, 1.54) is 13.1 Å². The van der Waals surface area contributed by atoms with Gasteiger partial charge in [0.2, 0.25) is 9.62 Å². The predicted molar refractivity (Wildman–Crippen MR) is 92.3 cm³/mol. The lowest BCUT2D eigenvalue weighted by Crippen LogP contribution is -2.26. The molecule has 23 heavy (non-hydrogen) atoms. The number of fused-ring (bicyclic) bond motifs is 1. The van der Waals surface area contributed by atoms with E-state index in [0.717, 1.165) is 15.6 Å². The molecule has 0 atom stereocenters. The van der Waals surface area contributed by atoms with Gasteiger partial charge in [0.25, 0.3) is 10.0 Å². The minimum Gasteiger partial charge on any atom is -0.267 e. The quantitative estimate of drug-likeness (QED) is 0.485. The number of nitrogens with zero attached hydrogens (tertiary/aromatic N) is 4. The second-order valence-corrected chi connectivity index (χ2v) is 8.64. The summed E-state index contributed by atoms with van der Waals surface area (Å²) in [7, 11) is -2.48. The highest BCUT2D eigenvalue weighted by Gasteiger charge is 2.27. The maximum Gasteiger partial charge on any atom is 0.291 e. The van der Waals surface area contributed by atoms with Gasteiger partial charge >= 0.3 is 0 Å². The number of thiazole rings is 1. The molecule has 3 aromatic rings. The number of benzene rings is 1. The van der Waals surface area contributed by atoms with E-state index in [1.54, 1.807) is 18.2 Å². The van der Waals surface area contributed by atoms with Crippen molar-refractivity contribution in [1.82, 2.24) is 15.0 Å². The summed E-state index contributed by atoms with van der Waals surface area (Å²) in [6.45, 7) is 0. The molecular formula is C12H7Cl3N4O2S2. The Balaban J connectivity index is 2.11. The van der Waals surface area contributed by atoms with Gasteiger partial charge in [0.05, 0.1) is 5.69 Å². The predicted octanol–water partition coefficient (Wildman–Crippen LogP) is 3.87. The molecule has 0 amide bonds. The second kappa shape index (κ2) is 6.03. The summed E-state index contributed by atoms with van der Waals surface area (Å²) in [5, 5.41) is 0.388. The van der Waals surface area contributed by atoms with Crippen LogP contribution in [0.25, 0.3) is 10.3 Å². The number of rotatable bonds is 3. The Morgan fingerprint density at radius 1 is 1.13 bits per heavy atom. The van der Waals surface area contributed by atoms with Crippen LogP contribution in [0.4, 0.5) is 5.69 Å². The number of sulfonamides is 1. The fourth-order valence-electron chi connectivity index (χ4n) is 1.79. The Bertz CT molecular complexity index is 1010. The summed E-state index contributed by atoms with van der Waals surface area (Å²) in [5.41, 5.74) is 0.546. The van der Waals surface area contributed by atoms with Gasteiger partial charge in [-0.2, -0.15) is 13.4 Å². The molecule has 0 aliphatic heterocycles. The molecule has 0 N–H and O–H groups in total. The summed E-state index contributed by atoms with van der Waals surface area (Å²) >= 11 is 18.4. The summed E-state index contributed by atoms with van der Waals surface area (Å²) < 4.78 is 26.7. The van der Waals surface area contributed by atoms with Crippen molar-refractivity contribution in [1.29, 1.82) is 0 Å². The Morgan fingerprint density at radius 2 is 1.87 bits per heavy atom. The highest BCUT2D eigenvalue weighted by Crippen LogP contribution is 2.33. The molecule has 0 saturated heterocycles. The zero-order valence-corrected chi connectivity index (χ0v) is 15.3. The molecular weight excluding hydrogens is 403 g/mol. The number of hydrogen-bond acceptors (Lipinski definition) is 6. The largest absolute Gasteiger partial charge is 0.291 e. The number of aromatic nitrogens is 3. The standard InChI is InChI=1S/C12H7Cl3N4O2S2/c1-19(7-4-2-3-6(13)5-7)23(20,21)12-18-10-8(22-12)9(14)16-11(15)17-10/h2-5H,1H3. The van der Waals surface area contributed by atoms with Crippen molar-refractivity contribution < 1.29 is 8.42 Å². The van der Waals surface area contributed by atoms with Crippen LogP contribution >= 0.6 is 46.1 Å². The van der Waals surface area contributed by atoms with Crippen LogP contribution in [0.5, 0.6) is 0 Å². The number of halogens is 3. The molecule has 1 aromatic carbocycles. The van der Waals surface area contributed by atoms with Gasteiger partial charge in [0, 0.05) is 12.1 Å². The normalized spacial score (nSPS) is 11.8. The average molecular weight is 410 g/mol.